The Bertz CT molecular complexity index is 425. The second-order valence-electron chi connectivity index (χ2n) is 4.17. The van der Waals surface area contributed by atoms with E-state index in [4.69, 9.17) is 0 Å². The Hall–Kier alpha value is -1.65. The van der Waals surface area contributed by atoms with Crippen LogP contribution in [0.15, 0.2) is 12.5 Å². The molecule has 0 radical (unpaired) electrons. The van der Waals surface area contributed by atoms with Crippen molar-refractivity contribution < 1.29 is 9.59 Å². The van der Waals surface area contributed by atoms with E-state index in [1.54, 1.807) is 12.5 Å². The number of hydrogen-bond acceptors (Lipinski definition) is 3. The number of nitrogens with zero attached hydrogens (tertiary/aromatic N) is 2. The number of carbonyl (C=O) groups is 2. The minimum Gasteiger partial charge on any atom is -0.337 e. The molecular formula is C11H15N3O2. The maximum atomic E-state index is 11.7. The average molecular weight is 221 g/mol. The zero-order valence-corrected chi connectivity index (χ0v) is 9.43. The van der Waals surface area contributed by atoms with Gasteiger partial charge in [-0.05, 0) is 6.42 Å². The van der Waals surface area contributed by atoms with Crippen molar-refractivity contribution >= 4 is 11.8 Å². The van der Waals surface area contributed by atoms with Crippen LogP contribution < -0.4 is 5.32 Å². The van der Waals surface area contributed by atoms with E-state index in [2.05, 4.69) is 10.3 Å². The minimum absolute atomic E-state index is 0.0428. The number of carbonyl (C=O) groups excluding carboxylic acids is 2. The normalized spacial score (nSPS) is 25.6. The van der Waals surface area contributed by atoms with E-state index in [9.17, 15) is 9.59 Å². The highest BCUT2D eigenvalue weighted by Crippen LogP contribution is 2.32. The van der Waals surface area contributed by atoms with Crippen LogP contribution in [0.25, 0.3) is 0 Å². The van der Waals surface area contributed by atoms with E-state index in [-0.39, 0.29) is 23.7 Å². The predicted molar refractivity (Wildman–Crippen MR) is 57.5 cm³/mol. The van der Waals surface area contributed by atoms with Crippen LogP contribution >= 0.6 is 0 Å². The fourth-order valence-corrected chi connectivity index (χ4v) is 2.31. The highest BCUT2D eigenvalue weighted by molar-refractivity contribution is 5.99. The van der Waals surface area contributed by atoms with Crippen LogP contribution in [0.1, 0.15) is 31.4 Å². The van der Waals surface area contributed by atoms with E-state index < -0.39 is 0 Å². The maximum Gasteiger partial charge on any atom is 0.230 e. The lowest BCUT2D eigenvalue weighted by Crippen LogP contribution is -2.44. The Labute approximate surface area is 93.9 Å². The first-order valence-electron chi connectivity index (χ1n) is 5.43. The summed E-state index contributed by atoms with van der Waals surface area (Å²) in [7, 11) is 1.88. The molecule has 2 atom stereocenters. The molecule has 0 bridgehead atoms. The lowest BCUT2D eigenvalue weighted by atomic mass is 9.81. The van der Waals surface area contributed by atoms with Gasteiger partial charge in [-0.2, -0.15) is 0 Å². The van der Waals surface area contributed by atoms with Gasteiger partial charge in [-0.25, -0.2) is 4.98 Å². The monoisotopic (exact) mass is 221 g/mol. The van der Waals surface area contributed by atoms with Gasteiger partial charge in [0.25, 0.3) is 0 Å². The molecule has 2 rings (SSSR count). The zero-order valence-electron chi connectivity index (χ0n) is 9.43. The Morgan fingerprint density at radius 2 is 2.31 bits per heavy atom. The lowest BCUT2D eigenvalue weighted by molar-refractivity contribution is -0.137. The molecule has 1 aliphatic rings. The summed E-state index contributed by atoms with van der Waals surface area (Å²) in [6.45, 7) is 1.96. The van der Waals surface area contributed by atoms with Crippen molar-refractivity contribution in [2.75, 3.05) is 0 Å². The van der Waals surface area contributed by atoms with Gasteiger partial charge in [0.2, 0.25) is 11.8 Å². The molecule has 1 aromatic rings. The topological polar surface area (TPSA) is 64.0 Å². The number of nitrogens with one attached hydrogen (secondary N) is 1. The van der Waals surface area contributed by atoms with Gasteiger partial charge >= 0.3 is 0 Å². The second kappa shape index (κ2) is 4.08. The molecule has 2 unspecified atom stereocenters. The van der Waals surface area contributed by atoms with Crippen molar-refractivity contribution in [1.82, 2.24) is 14.9 Å². The molecule has 0 aliphatic carbocycles. The van der Waals surface area contributed by atoms with Crippen molar-refractivity contribution in [3.05, 3.63) is 18.2 Å². The summed E-state index contributed by atoms with van der Waals surface area (Å²) in [5.41, 5.74) is 0.954. The summed E-state index contributed by atoms with van der Waals surface area (Å²) < 4.78 is 1.87. The van der Waals surface area contributed by atoms with Gasteiger partial charge in [-0.15, -0.1) is 0 Å². The number of hydrogen-bond donors (Lipinski definition) is 1. The SMILES string of the molecule is CCC1C(=O)NC(=O)CC1c1cncn1C. The van der Waals surface area contributed by atoms with Gasteiger partial charge in [-0.1, -0.05) is 6.92 Å². The van der Waals surface area contributed by atoms with Gasteiger partial charge in [0.05, 0.1) is 6.33 Å². The summed E-state index contributed by atoms with van der Waals surface area (Å²) >= 11 is 0. The molecule has 1 fully saturated rings. The fraction of sp³-hybridized carbons (Fsp3) is 0.545. The van der Waals surface area contributed by atoms with Crippen molar-refractivity contribution in [2.24, 2.45) is 13.0 Å². The van der Waals surface area contributed by atoms with Crippen molar-refractivity contribution in [3.8, 4) is 0 Å². The summed E-state index contributed by atoms with van der Waals surface area (Å²) in [6.07, 6.45) is 4.52. The molecular weight excluding hydrogens is 206 g/mol. The van der Waals surface area contributed by atoms with Crippen molar-refractivity contribution in [1.29, 1.82) is 0 Å². The van der Waals surface area contributed by atoms with Crippen LogP contribution in [-0.2, 0) is 16.6 Å². The van der Waals surface area contributed by atoms with E-state index in [0.29, 0.717) is 6.42 Å². The van der Waals surface area contributed by atoms with Crippen LogP contribution in [-0.4, -0.2) is 21.4 Å². The molecule has 2 amide bonds. The van der Waals surface area contributed by atoms with Crippen LogP contribution in [0.4, 0.5) is 0 Å². The van der Waals surface area contributed by atoms with E-state index in [0.717, 1.165) is 12.1 Å². The van der Waals surface area contributed by atoms with Crippen LogP contribution in [0.3, 0.4) is 0 Å². The minimum atomic E-state index is -0.194. The maximum absolute atomic E-state index is 11.7. The zero-order chi connectivity index (χ0) is 11.7. The molecule has 5 heteroatoms. The van der Waals surface area contributed by atoms with Gasteiger partial charge in [0, 0.05) is 37.2 Å². The third kappa shape index (κ3) is 1.73. The van der Waals surface area contributed by atoms with Crippen LogP contribution in [0.2, 0.25) is 0 Å². The number of imidazole rings is 1. The fourth-order valence-electron chi connectivity index (χ4n) is 2.31. The third-order valence-electron chi connectivity index (χ3n) is 3.16. The molecule has 1 saturated heterocycles. The lowest BCUT2D eigenvalue weighted by Gasteiger charge is -2.29. The largest absolute Gasteiger partial charge is 0.337 e. The number of rotatable bonds is 2. The average Bonchev–Trinajstić information content (AvgIpc) is 2.63. The Morgan fingerprint density at radius 3 is 2.88 bits per heavy atom. The Kier molecular flexibility index (Phi) is 2.77. The summed E-state index contributed by atoms with van der Waals surface area (Å²) in [6, 6.07) is 0. The van der Waals surface area contributed by atoms with E-state index in [1.165, 1.54) is 0 Å². The van der Waals surface area contributed by atoms with Crippen LogP contribution in [0, 0.1) is 5.92 Å². The quantitative estimate of drug-likeness (QED) is 0.743. The van der Waals surface area contributed by atoms with Gasteiger partial charge in [0.1, 0.15) is 0 Å². The highest BCUT2D eigenvalue weighted by atomic mass is 16.2. The molecule has 1 N–H and O–H groups in total. The molecule has 0 aromatic carbocycles. The Morgan fingerprint density at radius 1 is 1.56 bits per heavy atom. The summed E-state index contributed by atoms with van der Waals surface area (Å²) in [4.78, 5) is 27.1. The second-order valence-corrected chi connectivity index (χ2v) is 4.17. The molecule has 2 heterocycles. The molecule has 86 valence electrons. The molecule has 0 spiro atoms. The number of aryl methyl sites for hydroxylation is 1. The smallest absolute Gasteiger partial charge is 0.230 e. The molecule has 0 saturated carbocycles. The number of piperidine rings is 1. The summed E-state index contributed by atoms with van der Waals surface area (Å²) in [5.74, 6) is -0.530. The standard InChI is InChI=1S/C11H15N3O2/c1-3-7-8(4-10(15)13-11(7)16)9-5-12-6-14(9)2/h5-8H,3-4H2,1-2H3,(H,13,15,16). The molecule has 1 aromatic heterocycles. The van der Waals surface area contributed by atoms with Crippen molar-refractivity contribution in [3.63, 3.8) is 0 Å². The third-order valence-corrected chi connectivity index (χ3v) is 3.16. The van der Waals surface area contributed by atoms with Crippen LogP contribution in [0.5, 0.6) is 0 Å². The van der Waals surface area contributed by atoms with Gasteiger partial charge in [0.15, 0.2) is 0 Å². The van der Waals surface area contributed by atoms with Gasteiger partial charge in [-0.3, -0.25) is 14.9 Å². The highest BCUT2D eigenvalue weighted by Gasteiger charge is 2.36. The number of aromatic nitrogens is 2. The molecule has 16 heavy (non-hydrogen) atoms. The van der Waals surface area contributed by atoms with E-state index >= 15 is 0 Å². The van der Waals surface area contributed by atoms with E-state index in [1.807, 2.05) is 18.5 Å². The Balaban J connectivity index is 2.33. The number of imide groups is 1. The van der Waals surface area contributed by atoms with Gasteiger partial charge < -0.3 is 4.57 Å². The van der Waals surface area contributed by atoms with Crippen molar-refractivity contribution in [2.45, 2.75) is 25.7 Å². The summed E-state index contributed by atoms with van der Waals surface area (Å²) in [5, 5.41) is 2.38. The number of amides is 2. The predicted octanol–water partition coefficient (Wildman–Crippen LogP) is 0.576. The first-order chi connectivity index (χ1) is 7.63. The molecule has 1 aliphatic heterocycles. The first kappa shape index (κ1) is 10.9. The molecule has 5 nitrogen and oxygen atoms in total. The first-order valence-corrected chi connectivity index (χ1v) is 5.43.